The predicted octanol–water partition coefficient (Wildman–Crippen LogP) is 0.895. The van der Waals surface area contributed by atoms with E-state index in [0.717, 1.165) is 0 Å². The van der Waals surface area contributed by atoms with Crippen LogP contribution in [0, 0.1) is 5.39 Å². The lowest BCUT2D eigenvalue weighted by Crippen LogP contribution is -2.44. The number of hydrogen-bond donors (Lipinski definition) is 1. The number of likely N-dealkylation sites (tertiary alicyclic amines) is 1. The summed E-state index contributed by atoms with van der Waals surface area (Å²) in [5, 5.41) is 11.3. The summed E-state index contributed by atoms with van der Waals surface area (Å²) >= 11 is 0. The van der Waals surface area contributed by atoms with Crippen molar-refractivity contribution in [1.82, 2.24) is 10.3 Å². The van der Waals surface area contributed by atoms with Gasteiger partial charge in [-0.25, -0.2) is 9.59 Å². The first kappa shape index (κ1) is 15.0. The Kier molecular flexibility index (Phi) is 4.53. The van der Waals surface area contributed by atoms with E-state index in [1.807, 2.05) is 0 Å². The van der Waals surface area contributed by atoms with Crippen LogP contribution in [0.4, 0.5) is 4.79 Å². The van der Waals surface area contributed by atoms with Crippen molar-refractivity contribution in [3.05, 3.63) is 5.08 Å². The molecule has 1 saturated heterocycles. The molecule has 8 nitrogen and oxygen atoms in total. The van der Waals surface area contributed by atoms with Crippen molar-refractivity contribution in [2.75, 3.05) is 13.7 Å². The molecule has 0 bridgehead atoms. The number of rotatable bonds is 2. The highest BCUT2D eigenvalue weighted by Crippen LogP contribution is 2.22. The molecule has 1 rings (SSSR count). The largest absolute Gasteiger partial charge is 0.467 e. The summed E-state index contributed by atoms with van der Waals surface area (Å²) in [4.78, 5) is 24.9. The number of hydrogen-bond acceptors (Lipinski definition) is 6. The van der Waals surface area contributed by atoms with Crippen molar-refractivity contribution < 1.29 is 19.1 Å². The van der Waals surface area contributed by atoms with Gasteiger partial charge in [-0.3, -0.25) is 4.90 Å². The molecule has 1 N–H and O–H groups in total. The van der Waals surface area contributed by atoms with Crippen molar-refractivity contribution in [2.24, 2.45) is 0 Å². The molecule has 0 aromatic heterocycles. The van der Waals surface area contributed by atoms with E-state index in [0.29, 0.717) is 6.42 Å². The van der Waals surface area contributed by atoms with E-state index >= 15 is 0 Å². The van der Waals surface area contributed by atoms with E-state index in [9.17, 15) is 9.59 Å². The van der Waals surface area contributed by atoms with Gasteiger partial charge >= 0.3 is 17.1 Å². The molecule has 0 radical (unpaired) electrons. The predicted molar refractivity (Wildman–Crippen MR) is 65.4 cm³/mol. The normalized spacial score (nSPS) is 22.6. The second kappa shape index (κ2) is 5.73. The van der Waals surface area contributed by atoms with Gasteiger partial charge in [0.15, 0.2) is 0 Å². The van der Waals surface area contributed by atoms with Gasteiger partial charge in [0.2, 0.25) is 0 Å². The molecule has 1 amide bonds. The smallest absolute Gasteiger partial charge is 0.411 e. The zero-order valence-corrected chi connectivity index (χ0v) is 11.5. The fraction of sp³-hybridized carbons (Fsp3) is 0.818. The van der Waals surface area contributed by atoms with Crippen LogP contribution >= 0.6 is 0 Å². The fourth-order valence-corrected chi connectivity index (χ4v) is 1.89. The maximum absolute atomic E-state index is 12.0. The molecule has 1 fully saturated rings. The van der Waals surface area contributed by atoms with Crippen molar-refractivity contribution in [3.63, 3.8) is 0 Å². The van der Waals surface area contributed by atoms with Gasteiger partial charge in [-0.2, -0.15) is 0 Å². The third kappa shape index (κ3) is 3.98. The lowest BCUT2D eigenvalue weighted by molar-refractivity contribution is -0.145. The Labute approximate surface area is 111 Å². The van der Waals surface area contributed by atoms with Crippen LogP contribution in [0.2, 0.25) is 0 Å². The molecule has 19 heavy (non-hydrogen) atoms. The molecule has 0 spiro atoms. The van der Waals surface area contributed by atoms with Crippen molar-refractivity contribution in [3.8, 4) is 0 Å². The van der Waals surface area contributed by atoms with E-state index in [1.54, 1.807) is 20.8 Å². The molecular weight excluding hydrogens is 252 g/mol. The Morgan fingerprint density at radius 3 is 2.53 bits per heavy atom. The van der Waals surface area contributed by atoms with Crippen LogP contribution in [0.25, 0.3) is 5.08 Å². The number of nitrogens with zero attached hydrogens (tertiary/aromatic N) is 3. The first-order valence-electron chi connectivity index (χ1n) is 5.95. The molecule has 0 saturated carbocycles. The molecule has 0 aliphatic carbocycles. The fourth-order valence-electron chi connectivity index (χ4n) is 1.89. The minimum atomic E-state index is -0.737. The number of amides is 1. The molecule has 1 heterocycles. The SMILES string of the molecule is COC(=O)[C@@H]1C[C@@H](N[N+]#N)CN1C(=O)OC(C)(C)C. The summed E-state index contributed by atoms with van der Waals surface area (Å²) < 4.78 is 9.89. The summed E-state index contributed by atoms with van der Waals surface area (Å²) in [5.74, 6) is -0.520. The number of esters is 1. The zero-order valence-electron chi connectivity index (χ0n) is 11.5. The third-order valence-corrected chi connectivity index (χ3v) is 2.64. The summed E-state index contributed by atoms with van der Waals surface area (Å²) in [6.07, 6.45) is -0.291. The Balaban J connectivity index is 2.80. The molecule has 2 atom stereocenters. The quantitative estimate of drug-likeness (QED) is 0.455. The van der Waals surface area contributed by atoms with Gasteiger partial charge in [0.1, 0.15) is 17.7 Å². The van der Waals surface area contributed by atoms with Gasteiger partial charge in [-0.05, 0) is 26.2 Å². The monoisotopic (exact) mass is 271 g/mol. The van der Waals surface area contributed by atoms with Crippen LogP contribution in [0.3, 0.4) is 0 Å². The molecular formula is C11H19N4O4+. The second-order valence-electron chi connectivity index (χ2n) is 5.33. The standard InChI is InChI=1S/C11H19N4O4/c1-11(2,3)19-10(17)15-6-7(13-14-12)5-8(15)9(16)18-4/h7-8,13H,5-6H2,1-4H3/q+1/t7-,8+/m1/s1. The minimum Gasteiger partial charge on any atom is -0.467 e. The number of diazo groups is 1. The maximum Gasteiger partial charge on any atom is 0.411 e. The number of ether oxygens (including phenoxy) is 2. The molecule has 0 aromatic carbocycles. The second-order valence-corrected chi connectivity index (χ2v) is 5.33. The van der Waals surface area contributed by atoms with E-state index < -0.39 is 23.7 Å². The summed E-state index contributed by atoms with van der Waals surface area (Å²) in [7, 11) is 1.26. The average molecular weight is 271 g/mol. The molecule has 1 aliphatic heterocycles. The van der Waals surface area contributed by atoms with Crippen LogP contribution < -0.4 is 5.43 Å². The zero-order chi connectivity index (χ0) is 14.6. The van der Waals surface area contributed by atoms with Crippen LogP contribution in [0.5, 0.6) is 0 Å². The number of carbonyl (C=O) groups excluding carboxylic acids is 2. The van der Waals surface area contributed by atoms with Gasteiger partial charge in [0, 0.05) is 6.42 Å². The Hall–Kier alpha value is -2.04. The highest BCUT2D eigenvalue weighted by molar-refractivity contribution is 5.82. The van der Waals surface area contributed by atoms with Gasteiger partial charge in [0.25, 0.3) is 5.39 Å². The summed E-state index contributed by atoms with van der Waals surface area (Å²) in [6.45, 7) is 5.44. The van der Waals surface area contributed by atoms with E-state index in [1.165, 1.54) is 12.0 Å². The molecule has 0 aromatic rings. The number of carbonyl (C=O) groups is 2. The maximum atomic E-state index is 12.0. The van der Waals surface area contributed by atoms with Gasteiger partial charge in [0.05, 0.1) is 13.7 Å². The Morgan fingerprint density at radius 2 is 2.05 bits per heavy atom. The van der Waals surface area contributed by atoms with Crippen LogP contribution in [-0.2, 0) is 14.3 Å². The lowest BCUT2D eigenvalue weighted by Gasteiger charge is -2.27. The molecule has 0 unspecified atom stereocenters. The highest BCUT2D eigenvalue weighted by atomic mass is 16.6. The van der Waals surface area contributed by atoms with Crippen molar-refractivity contribution >= 4 is 12.1 Å². The summed E-state index contributed by atoms with van der Waals surface area (Å²) in [6, 6.07) is -1.05. The molecule has 106 valence electrons. The summed E-state index contributed by atoms with van der Waals surface area (Å²) in [5.41, 5.74) is 1.78. The van der Waals surface area contributed by atoms with Crippen LogP contribution in [0.15, 0.2) is 0 Å². The van der Waals surface area contributed by atoms with Gasteiger partial charge in [-0.1, -0.05) is 0 Å². The van der Waals surface area contributed by atoms with E-state index in [2.05, 4.69) is 15.2 Å². The first-order chi connectivity index (χ1) is 8.78. The average Bonchev–Trinajstić information content (AvgIpc) is 2.70. The Bertz CT molecular complexity index is 398. The molecule has 1 aliphatic rings. The van der Waals surface area contributed by atoms with Crippen LogP contribution in [0.1, 0.15) is 27.2 Å². The Morgan fingerprint density at radius 1 is 1.42 bits per heavy atom. The lowest BCUT2D eigenvalue weighted by atomic mass is 10.2. The van der Waals surface area contributed by atoms with Gasteiger partial charge in [-0.15, -0.1) is 0 Å². The molecule has 8 heteroatoms. The van der Waals surface area contributed by atoms with E-state index in [4.69, 9.17) is 10.1 Å². The number of nitrogens with one attached hydrogen (secondary N) is 1. The minimum absolute atomic E-state index is 0.207. The highest BCUT2D eigenvalue weighted by Gasteiger charge is 2.43. The van der Waals surface area contributed by atoms with Crippen LogP contribution in [-0.4, -0.2) is 48.3 Å². The third-order valence-electron chi connectivity index (χ3n) is 2.64. The topological polar surface area (TPSA) is 96.0 Å². The van der Waals surface area contributed by atoms with Crippen molar-refractivity contribution in [1.29, 1.82) is 5.39 Å². The van der Waals surface area contributed by atoms with Gasteiger partial charge < -0.3 is 9.47 Å². The van der Waals surface area contributed by atoms with E-state index in [-0.39, 0.29) is 12.6 Å². The van der Waals surface area contributed by atoms with Crippen molar-refractivity contribution in [2.45, 2.75) is 44.9 Å². The number of methoxy groups -OCH3 is 1. The first-order valence-corrected chi connectivity index (χ1v) is 5.95.